The van der Waals surface area contributed by atoms with Gasteiger partial charge < -0.3 is 15.4 Å². The first kappa shape index (κ1) is 18.1. The van der Waals surface area contributed by atoms with E-state index in [1.165, 1.54) is 0 Å². The Morgan fingerprint density at radius 3 is 2.61 bits per heavy atom. The van der Waals surface area contributed by atoms with Gasteiger partial charge in [0.25, 0.3) is 0 Å². The van der Waals surface area contributed by atoms with Gasteiger partial charge in [0.15, 0.2) is 0 Å². The molecule has 0 aliphatic rings. The molecule has 0 fully saturated rings. The highest BCUT2D eigenvalue weighted by molar-refractivity contribution is 6.35. The molecule has 0 bridgehead atoms. The Morgan fingerprint density at radius 1 is 1.00 bits per heavy atom. The van der Waals surface area contributed by atoms with Crippen LogP contribution in [0.2, 0.25) is 10.0 Å². The third-order valence-corrected chi connectivity index (χ3v) is 4.05. The summed E-state index contributed by atoms with van der Waals surface area (Å²) in [5.74, 6) is 0.875. The first-order valence-electron chi connectivity index (χ1n) is 7.70. The fourth-order valence-corrected chi connectivity index (χ4v) is 2.66. The van der Waals surface area contributed by atoms with Crippen LogP contribution in [-0.2, 0) is 13.2 Å². The normalized spacial score (nSPS) is 10.7. The maximum atomic E-state index is 6.18. The molecule has 0 aliphatic heterocycles. The lowest BCUT2D eigenvalue weighted by molar-refractivity contribution is 0.302. The van der Waals surface area contributed by atoms with Gasteiger partial charge in [-0.3, -0.25) is 0 Å². The Morgan fingerprint density at radius 2 is 1.83 bits per heavy atom. The van der Waals surface area contributed by atoms with Gasteiger partial charge in [-0.15, -0.1) is 0 Å². The van der Waals surface area contributed by atoms with E-state index in [9.17, 15) is 0 Å². The molecule has 2 aromatic carbocycles. The number of nitrogens with one attached hydrogen (secondary N) is 2. The van der Waals surface area contributed by atoms with E-state index in [1.807, 2.05) is 37.4 Å². The third kappa shape index (κ3) is 6.04. The molecule has 124 valence electrons. The zero-order valence-corrected chi connectivity index (χ0v) is 14.8. The third-order valence-electron chi connectivity index (χ3n) is 3.47. The molecule has 0 heterocycles. The van der Waals surface area contributed by atoms with E-state index in [0.29, 0.717) is 16.7 Å². The highest BCUT2D eigenvalue weighted by atomic mass is 35.5. The molecular weight excluding hydrogens is 331 g/mol. The van der Waals surface area contributed by atoms with Crippen molar-refractivity contribution < 1.29 is 4.74 Å². The van der Waals surface area contributed by atoms with Crippen LogP contribution in [0.25, 0.3) is 0 Å². The summed E-state index contributed by atoms with van der Waals surface area (Å²) >= 11 is 12.1. The summed E-state index contributed by atoms with van der Waals surface area (Å²) in [6, 6.07) is 13.5. The first-order valence-corrected chi connectivity index (χ1v) is 8.46. The number of hydrogen-bond acceptors (Lipinski definition) is 3. The summed E-state index contributed by atoms with van der Waals surface area (Å²) in [5, 5.41) is 7.82. The Bertz CT molecular complexity index is 620. The van der Waals surface area contributed by atoms with E-state index in [2.05, 4.69) is 16.7 Å². The lowest BCUT2D eigenvalue weighted by Gasteiger charge is -2.13. The minimum absolute atomic E-state index is 0.423. The standard InChI is InChI=1S/C18H22Cl2N2O/c1-21-9-4-10-22-12-14-5-2-3-6-18(14)23-13-15-7-8-16(19)11-17(15)20/h2-3,5-8,11,21-22H,4,9-10,12-13H2,1H3. The zero-order valence-electron chi connectivity index (χ0n) is 13.2. The van der Waals surface area contributed by atoms with Crippen LogP contribution in [0, 0.1) is 0 Å². The number of halogens is 2. The first-order chi connectivity index (χ1) is 11.2. The summed E-state index contributed by atoms with van der Waals surface area (Å²) in [5.41, 5.74) is 2.06. The molecular formula is C18H22Cl2N2O. The molecule has 0 radical (unpaired) electrons. The van der Waals surface area contributed by atoms with Crippen molar-refractivity contribution in [2.45, 2.75) is 19.6 Å². The summed E-state index contributed by atoms with van der Waals surface area (Å²) in [7, 11) is 1.96. The minimum atomic E-state index is 0.423. The average molecular weight is 353 g/mol. The molecule has 0 saturated heterocycles. The van der Waals surface area contributed by atoms with E-state index >= 15 is 0 Å². The molecule has 2 N–H and O–H groups in total. The lowest BCUT2D eigenvalue weighted by Crippen LogP contribution is -2.19. The second kappa shape index (κ2) is 9.78. The summed E-state index contributed by atoms with van der Waals surface area (Å²) in [6.45, 7) is 3.19. The number of rotatable bonds is 9. The van der Waals surface area contributed by atoms with Gasteiger partial charge in [0.1, 0.15) is 12.4 Å². The van der Waals surface area contributed by atoms with Gasteiger partial charge in [0.05, 0.1) is 0 Å². The van der Waals surface area contributed by atoms with Gasteiger partial charge in [-0.1, -0.05) is 47.5 Å². The summed E-state index contributed by atoms with van der Waals surface area (Å²) in [4.78, 5) is 0. The molecule has 0 saturated carbocycles. The molecule has 23 heavy (non-hydrogen) atoms. The molecule has 0 atom stereocenters. The Hall–Kier alpha value is -1.26. The SMILES string of the molecule is CNCCCNCc1ccccc1OCc1ccc(Cl)cc1Cl. The Kier molecular flexibility index (Phi) is 7.69. The van der Waals surface area contributed by atoms with Gasteiger partial charge in [-0.25, -0.2) is 0 Å². The van der Waals surface area contributed by atoms with Crippen LogP contribution in [0.1, 0.15) is 17.5 Å². The molecule has 2 rings (SSSR count). The van der Waals surface area contributed by atoms with E-state index in [4.69, 9.17) is 27.9 Å². The van der Waals surface area contributed by atoms with E-state index in [0.717, 1.165) is 42.9 Å². The van der Waals surface area contributed by atoms with Crippen molar-refractivity contribution in [1.82, 2.24) is 10.6 Å². The predicted octanol–water partition coefficient (Wildman–Crippen LogP) is 4.27. The maximum absolute atomic E-state index is 6.18. The largest absolute Gasteiger partial charge is 0.489 e. The highest BCUT2D eigenvalue weighted by Gasteiger charge is 2.06. The number of benzene rings is 2. The van der Waals surface area contributed by atoms with Crippen molar-refractivity contribution in [1.29, 1.82) is 0 Å². The van der Waals surface area contributed by atoms with Crippen molar-refractivity contribution >= 4 is 23.2 Å². The summed E-state index contributed by atoms with van der Waals surface area (Å²) < 4.78 is 5.94. The van der Waals surface area contributed by atoms with Crippen molar-refractivity contribution in [3.63, 3.8) is 0 Å². The van der Waals surface area contributed by atoms with Crippen LogP contribution in [0.5, 0.6) is 5.75 Å². The molecule has 0 amide bonds. The van der Waals surface area contributed by atoms with Crippen molar-refractivity contribution in [2.24, 2.45) is 0 Å². The number of para-hydroxylation sites is 1. The maximum Gasteiger partial charge on any atom is 0.124 e. The van der Waals surface area contributed by atoms with E-state index in [-0.39, 0.29) is 0 Å². The fourth-order valence-electron chi connectivity index (χ4n) is 2.20. The molecule has 3 nitrogen and oxygen atoms in total. The lowest BCUT2D eigenvalue weighted by atomic mass is 10.2. The molecule has 0 unspecified atom stereocenters. The Balaban J connectivity index is 1.92. The van der Waals surface area contributed by atoms with Crippen LogP contribution >= 0.6 is 23.2 Å². The van der Waals surface area contributed by atoms with Crippen molar-refractivity contribution in [3.05, 3.63) is 63.6 Å². The molecule has 0 spiro atoms. The number of ether oxygens (including phenoxy) is 1. The van der Waals surface area contributed by atoms with Crippen LogP contribution < -0.4 is 15.4 Å². The monoisotopic (exact) mass is 352 g/mol. The van der Waals surface area contributed by atoms with Gasteiger partial charge in [-0.2, -0.15) is 0 Å². The van der Waals surface area contributed by atoms with Crippen molar-refractivity contribution in [3.8, 4) is 5.75 Å². The molecule has 5 heteroatoms. The van der Waals surface area contributed by atoms with Crippen molar-refractivity contribution in [2.75, 3.05) is 20.1 Å². The second-order valence-corrected chi connectivity index (χ2v) is 6.11. The predicted molar refractivity (Wildman–Crippen MR) is 97.5 cm³/mol. The van der Waals surface area contributed by atoms with Crippen LogP contribution in [0.15, 0.2) is 42.5 Å². The summed E-state index contributed by atoms with van der Waals surface area (Å²) in [6.07, 6.45) is 1.10. The van der Waals surface area contributed by atoms with Crippen LogP contribution in [0.4, 0.5) is 0 Å². The Labute approximate surface area is 147 Å². The van der Waals surface area contributed by atoms with Gasteiger partial charge >= 0.3 is 0 Å². The van der Waals surface area contributed by atoms with Gasteiger partial charge in [0, 0.05) is 27.7 Å². The van der Waals surface area contributed by atoms with Crippen LogP contribution in [0.3, 0.4) is 0 Å². The van der Waals surface area contributed by atoms with E-state index < -0.39 is 0 Å². The van der Waals surface area contributed by atoms with Gasteiger partial charge in [-0.05, 0) is 44.8 Å². The van der Waals surface area contributed by atoms with Gasteiger partial charge in [0.2, 0.25) is 0 Å². The zero-order chi connectivity index (χ0) is 16.5. The topological polar surface area (TPSA) is 33.3 Å². The quantitative estimate of drug-likeness (QED) is 0.661. The number of hydrogen-bond donors (Lipinski definition) is 2. The molecule has 0 aliphatic carbocycles. The smallest absolute Gasteiger partial charge is 0.124 e. The highest BCUT2D eigenvalue weighted by Crippen LogP contribution is 2.24. The second-order valence-electron chi connectivity index (χ2n) is 5.27. The molecule has 0 aromatic heterocycles. The minimum Gasteiger partial charge on any atom is -0.489 e. The van der Waals surface area contributed by atoms with E-state index in [1.54, 1.807) is 6.07 Å². The molecule has 2 aromatic rings. The van der Waals surface area contributed by atoms with Crippen LogP contribution in [-0.4, -0.2) is 20.1 Å². The average Bonchev–Trinajstić information content (AvgIpc) is 2.55. The fraction of sp³-hybridized carbons (Fsp3) is 0.333.